The molecule has 0 fully saturated rings. The molecule has 0 aliphatic carbocycles. The van der Waals surface area contributed by atoms with Crippen molar-refractivity contribution in [2.75, 3.05) is 6.54 Å². The second kappa shape index (κ2) is 8.73. The molecule has 0 aliphatic heterocycles. The first-order chi connectivity index (χ1) is 9.81. The first kappa shape index (κ1) is 19.2. The molecule has 0 heterocycles. The van der Waals surface area contributed by atoms with Gasteiger partial charge in [0, 0.05) is 11.0 Å². The molecule has 1 N–H and O–H groups in total. The summed E-state index contributed by atoms with van der Waals surface area (Å²) in [7, 11) is -3.70. The van der Waals surface area contributed by atoms with Crippen molar-refractivity contribution in [3.63, 3.8) is 0 Å². The third kappa shape index (κ3) is 5.71. The minimum atomic E-state index is -3.70. The zero-order valence-corrected chi connectivity index (χ0v) is 16.0. The molecule has 1 unspecified atom stereocenters. The molecule has 0 bridgehead atoms. The lowest BCUT2D eigenvalue weighted by molar-refractivity contribution is 0.444. The molecule has 1 atom stereocenters. The molecule has 0 saturated carbocycles. The van der Waals surface area contributed by atoms with E-state index in [2.05, 4.69) is 34.5 Å². The third-order valence-corrected chi connectivity index (χ3v) is 6.14. The van der Waals surface area contributed by atoms with Crippen LogP contribution in [0.15, 0.2) is 21.5 Å². The summed E-state index contributed by atoms with van der Waals surface area (Å²) < 4.78 is 28.0. The summed E-state index contributed by atoms with van der Waals surface area (Å²) in [6.45, 7) is 4.59. The summed E-state index contributed by atoms with van der Waals surface area (Å²) >= 11 is 15.3. The fraction of sp³-hybridized carbons (Fsp3) is 0.571. The summed E-state index contributed by atoms with van der Waals surface area (Å²) in [5.74, 6) is 0.327. The van der Waals surface area contributed by atoms with E-state index >= 15 is 0 Å². The van der Waals surface area contributed by atoms with Crippen LogP contribution in [0.4, 0.5) is 0 Å². The van der Waals surface area contributed by atoms with Crippen molar-refractivity contribution in [3.05, 3.63) is 26.7 Å². The molecule has 0 spiro atoms. The maximum atomic E-state index is 12.4. The number of benzene rings is 1. The first-order valence-corrected chi connectivity index (χ1v) is 9.99. The summed E-state index contributed by atoms with van der Waals surface area (Å²) in [4.78, 5) is -0.0561. The molecule has 0 aromatic heterocycles. The largest absolute Gasteiger partial charge is 0.243 e. The smallest absolute Gasteiger partial charge is 0.211 e. The average molecular weight is 417 g/mol. The molecular formula is C14H20BrCl2NO2S. The summed E-state index contributed by atoms with van der Waals surface area (Å²) in [5.41, 5.74) is 0. The van der Waals surface area contributed by atoms with E-state index in [0.29, 0.717) is 16.9 Å². The van der Waals surface area contributed by atoms with E-state index in [4.69, 9.17) is 23.2 Å². The lowest BCUT2D eigenvalue weighted by atomic mass is 10.00. The number of unbranched alkanes of at least 4 members (excludes halogenated alkanes) is 1. The van der Waals surface area contributed by atoms with E-state index in [-0.39, 0.29) is 14.9 Å². The number of rotatable bonds is 8. The van der Waals surface area contributed by atoms with Crippen LogP contribution in [0.3, 0.4) is 0 Å². The third-order valence-electron chi connectivity index (χ3n) is 3.34. The van der Waals surface area contributed by atoms with Crippen LogP contribution in [0.1, 0.15) is 39.5 Å². The highest BCUT2D eigenvalue weighted by atomic mass is 79.9. The molecule has 0 aliphatic rings. The van der Waals surface area contributed by atoms with Gasteiger partial charge in [0.05, 0.1) is 10.0 Å². The van der Waals surface area contributed by atoms with Gasteiger partial charge in [-0.2, -0.15) is 0 Å². The minimum Gasteiger partial charge on any atom is -0.211 e. The molecule has 1 aromatic rings. The maximum Gasteiger partial charge on any atom is 0.243 e. The van der Waals surface area contributed by atoms with Gasteiger partial charge in [-0.3, -0.25) is 0 Å². The number of hydrogen-bond donors (Lipinski definition) is 1. The van der Waals surface area contributed by atoms with Gasteiger partial charge in [-0.15, -0.1) is 0 Å². The Bertz CT molecular complexity index is 555. The summed E-state index contributed by atoms with van der Waals surface area (Å²) in [6, 6.07) is 3.05. The SMILES string of the molecule is CCCCC(CC)CNS(=O)(=O)c1c(Cl)cc(Br)cc1Cl. The molecule has 0 amide bonds. The van der Waals surface area contributed by atoms with Gasteiger partial charge in [0.1, 0.15) is 4.90 Å². The van der Waals surface area contributed by atoms with E-state index in [1.807, 2.05) is 0 Å². The van der Waals surface area contributed by atoms with Crippen molar-refractivity contribution in [3.8, 4) is 0 Å². The Labute approximate surface area is 145 Å². The number of halogens is 3. The standard InChI is InChI=1S/C14H20BrCl2NO2S/c1-3-5-6-10(4-2)9-18-21(19,20)14-12(16)7-11(15)8-13(14)17/h7-8,10,18H,3-6,9H2,1-2H3. The van der Waals surface area contributed by atoms with Gasteiger partial charge in [0.15, 0.2) is 0 Å². The van der Waals surface area contributed by atoms with E-state index < -0.39 is 10.0 Å². The van der Waals surface area contributed by atoms with Gasteiger partial charge < -0.3 is 0 Å². The quantitative estimate of drug-likeness (QED) is 0.628. The van der Waals surface area contributed by atoms with Crippen molar-refractivity contribution in [1.29, 1.82) is 0 Å². The molecule has 21 heavy (non-hydrogen) atoms. The Hall–Kier alpha value is 0.190. The lowest BCUT2D eigenvalue weighted by Gasteiger charge is -2.16. The number of nitrogens with one attached hydrogen (secondary N) is 1. The van der Waals surface area contributed by atoms with Crippen molar-refractivity contribution in [1.82, 2.24) is 4.72 Å². The highest BCUT2D eigenvalue weighted by Crippen LogP contribution is 2.32. The Morgan fingerprint density at radius 2 is 1.81 bits per heavy atom. The van der Waals surface area contributed by atoms with Crippen LogP contribution in [0.2, 0.25) is 10.0 Å². The monoisotopic (exact) mass is 415 g/mol. The normalized spacial score (nSPS) is 13.4. The van der Waals surface area contributed by atoms with Crippen LogP contribution in [0.5, 0.6) is 0 Å². The Morgan fingerprint density at radius 1 is 1.24 bits per heavy atom. The topological polar surface area (TPSA) is 46.2 Å². The molecular weight excluding hydrogens is 397 g/mol. The Balaban J connectivity index is 2.87. The van der Waals surface area contributed by atoms with Gasteiger partial charge in [-0.1, -0.05) is 72.2 Å². The Morgan fingerprint density at radius 3 is 2.29 bits per heavy atom. The van der Waals surface area contributed by atoms with Crippen LogP contribution < -0.4 is 4.72 Å². The van der Waals surface area contributed by atoms with Gasteiger partial charge in [-0.25, -0.2) is 13.1 Å². The minimum absolute atomic E-state index is 0.0561. The van der Waals surface area contributed by atoms with Gasteiger partial charge in [0.2, 0.25) is 10.0 Å². The van der Waals surface area contributed by atoms with E-state index in [0.717, 1.165) is 25.7 Å². The van der Waals surface area contributed by atoms with Gasteiger partial charge in [0.25, 0.3) is 0 Å². The fourth-order valence-electron chi connectivity index (χ4n) is 2.03. The van der Waals surface area contributed by atoms with Crippen LogP contribution in [0.25, 0.3) is 0 Å². The predicted octanol–water partition coefficient (Wildman–Crippen LogP) is 5.25. The lowest BCUT2D eigenvalue weighted by Crippen LogP contribution is -2.29. The van der Waals surface area contributed by atoms with E-state index in [9.17, 15) is 8.42 Å². The van der Waals surface area contributed by atoms with Crippen molar-refractivity contribution >= 4 is 49.2 Å². The van der Waals surface area contributed by atoms with Crippen molar-refractivity contribution in [2.45, 2.75) is 44.4 Å². The molecule has 120 valence electrons. The van der Waals surface area contributed by atoms with E-state index in [1.54, 1.807) is 0 Å². The summed E-state index contributed by atoms with van der Waals surface area (Å²) in [5, 5.41) is 0.229. The predicted molar refractivity (Wildman–Crippen MR) is 92.7 cm³/mol. The molecule has 7 heteroatoms. The molecule has 1 rings (SSSR count). The van der Waals surface area contributed by atoms with Crippen LogP contribution >= 0.6 is 39.1 Å². The van der Waals surface area contributed by atoms with Crippen molar-refractivity contribution < 1.29 is 8.42 Å². The van der Waals surface area contributed by atoms with Crippen molar-refractivity contribution in [2.24, 2.45) is 5.92 Å². The highest BCUT2D eigenvalue weighted by molar-refractivity contribution is 9.10. The van der Waals surface area contributed by atoms with Crippen LogP contribution in [-0.4, -0.2) is 15.0 Å². The summed E-state index contributed by atoms with van der Waals surface area (Å²) in [6.07, 6.45) is 4.15. The van der Waals surface area contributed by atoms with Crippen LogP contribution in [0, 0.1) is 5.92 Å². The Kier molecular flexibility index (Phi) is 7.99. The van der Waals surface area contributed by atoms with Crippen LogP contribution in [-0.2, 0) is 10.0 Å². The molecule has 1 aromatic carbocycles. The molecule has 0 saturated heterocycles. The second-order valence-electron chi connectivity index (χ2n) is 4.97. The van der Waals surface area contributed by atoms with E-state index in [1.165, 1.54) is 12.1 Å². The molecule has 3 nitrogen and oxygen atoms in total. The highest BCUT2D eigenvalue weighted by Gasteiger charge is 2.23. The number of hydrogen-bond acceptors (Lipinski definition) is 2. The maximum absolute atomic E-state index is 12.4. The van der Waals surface area contributed by atoms with Gasteiger partial charge in [-0.05, 0) is 24.5 Å². The zero-order valence-electron chi connectivity index (χ0n) is 12.1. The fourth-order valence-corrected chi connectivity index (χ4v) is 5.08. The van der Waals surface area contributed by atoms with Gasteiger partial charge >= 0.3 is 0 Å². The zero-order chi connectivity index (χ0) is 16.0. The molecule has 0 radical (unpaired) electrons. The average Bonchev–Trinajstić information content (AvgIpc) is 2.37. The number of sulfonamides is 1. The first-order valence-electron chi connectivity index (χ1n) is 6.96. The second-order valence-corrected chi connectivity index (χ2v) is 8.40.